The Morgan fingerprint density at radius 3 is 2.58 bits per heavy atom. The van der Waals surface area contributed by atoms with Crippen molar-refractivity contribution in [2.24, 2.45) is 5.92 Å². The molecule has 2 amide bonds. The van der Waals surface area contributed by atoms with Crippen molar-refractivity contribution in [1.82, 2.24) is 10.6 Å². The number of carboxylic acid groups (broad SMARTS) is 1. The summed E-state index contributed by atoms with van der Waals surface area (Å²) in [5.74, 6) is -0.307. The number of carbonyl (C=O) groups excluding carboxylic acids is 1. The Balaban J connectivity index is 1.52. The minimum atomic E-state index is -0.739. The van der Waals surface area contributed by atoms with Gasteiger partial charge in [-0.25, -0.2) is 4.79 Å². The molecule has 1 atom stereocenters. The topological polar surface area (TPSA) is 91.6 Å². The van der Waals surface area contributed by atoms with Gasteiger partial charge in [0.25, 0.3) is 0 Å². The molecule has 1 aliphatic carbocycles. The van der Waals surface area contributed by atoms with Crippen LogP contribution in [0.25, 0.3) is 11.0 Å². The predicted molar refractivity (Wildman–Crippen MR) is 89.7 cm³/mol. The fourth-order valence-corrected chi connectivity index (χ4v) is 3.20. The second-order valence-electron chi connectivity index (χ2n) is 6.41. The quantitative estimate of drug-likeness (QED) is 0.801. The number of aliphatic carboxylic acids is 1. The fraction of sp³-hybridized carbons (Fsp3) is 0.444. The molecule has 0 radical (unpaired) electrons. The fourth-order valence-electron chi connectivity index (χ4n) is 3.20. The third-order valence-corrected chi connectivity index (χ3v) is 4.63. The monoisotopic (exact) mass is 330 g/mol. The number of benzene rings is 1. The van der Waals surface area contributed by atoms with Gasteiger partial charge in [0.05, 0.1) is 12.0 Å². The van der Waals surface area contributed by atoms with Crippen molar-refractivity contribution in [3.63, 3.8) is 0 Å². The van der Waals surface area contributed by atoms with E-state index in [1.807, 2.05) is 37.3 Å². The van der Waals surface area contributed by atoms with E-state index in [1.165, 1.54) is 0 Å². The highest BCUT2D eigenvalue weighted by Crippen LogP contribution is 2.25. The van der Waals surface area contributed by atoms with Crippen LogP contribution in [0.15, 0.2) is 34.7 Å². The minimum absolute atomic E-state index is 0.0310. The largest absolute Gasteiger partial charge is 0.481 e. The zero-order valence-corrected chi connectivity index (χ0v) is 13.6. The SMILES string of the molecule is C[C@H](NC(=O)NC1CCC(C(=O)O)CC1)c1cc2ccccc2o1. The van der Waals surface area contributed by atoms with E-state index in [-0.39, 0.29) is 24.0 Å². The van der Waals surface area contributed by atoms with Crippen molar-refractivity contribution < 1.29 is 19.1 Å². The van der Waals surface area contributed by atoms with Crippen molar-refractivity contribution >= 4 is 23.0 Å². The third kappa shape index (κ3) is 3.69. The number of fused-ring (bicyclic) bond motifs is 1. The summed E-state index contributed by atoms with van der Waals surface area (Å²) in [5.41, 5.74) is 0.800. The molecule has 6 heteroatoms. The van der Waals surface area contributed by atoms with Gasteiger partial charge in [-0.3, -0.25) is 4.79 Å². The van der Waals surface area contributed by atoms with E-state index in [4.69, 9.17) is 9.52 Å². The van der Waals surface area contributed by atoms with E-state index in [2.05, 4.69) is 10.6 Å². The van der Waals surface area contributed by atoms with Crippen molar-refractivity contribution in [3.05, 3.63) is 36.1 Å². The molecule has 0 saturated heterocycles. The molecule has 2 aromatic rings. The summed E-state index contributed by atoms with van der Waals surface area (Å²) in [7, 11) is 0. The molecule has 0 bridgehead atoms. The molecule has 24 heavy (non-hydrogen) atoms. The van der Waals surface area contributed by atoms with E-state index in [1.54, 1.807) is 0 Å². The van der Waals surface area contributed by atoms with E-state index < -0.39 is 5.97 Å². The standard InChI is InChI=1S/C18H22N2O4/c1-11(16-10-13-4-2-3-5-15(13)24-16)19-18(23)20-14-8-6-12(7-9-14)17(21)22/h2-5,10-12,14H,6-9H2,1H3,(H,21,22)(H2,19,20,23)/t11-,12?,14?/m0/s1. The second-order valence-corrected chi connectivity index (χ2v) is 6.41. The molecular formula is C18H22N2O4. The lowest BCUT2D eigenvalue weighted by atomic mass is 9.86. The second kappa shape index (κ2) is 6.95. The molecule has 1 saturated carbocycles. The number of hydrogen-bond acceptors (Lipinski definition) is 3. The van der Waals surface area contributed by atoms with Gasteiger partial charge in [-0.2, -0.15) is 0 Å². The first kappa shape index (κ1) is 16.4. The lowest BCUT2D eigenvalue weighted by molar-refractivity contribution is -0.142. The number of nitrogens with one attached hydrogen (secondary N) is 2. The first-order valence-corrected chi connectivity index (χ1v) is 8.31. The maximum atomic E-state index is 12.1. The van der Waals surface area contributed by atoms with Crippen LogP contribution in [0.2, 0.25) is 0 Å². The van der Waals surface area contributed by atoms with Crippen molar-refractivity contribution in [2.75, 3.05) is 0 Å². The summed E-state index contributed by atoms with van der Waals surface area (Å²) in [6.07, 6.45) is 2.62. The molecule has 6 nitrogen and oxygen atoms in total. The van der Waals surface area contributed by atoms with Crippen LogP contribution >= 0.6 is 0 Å². The Morgan fingerprint density at radius 2 is 1.92 bits per heavy atom. The highest BCUT2D eigenvalue weighted by atomic mass is 16.4. The van der Waals surface area contributed by atoms with Crippen LogP contribution in [-0.4, -0.2) is 23.1 Å². The van der Waals surface area contributed by atoms with Gasteiger partial charge in [0.15, 0.2) is 0 Å². The Kier molecular flexibility index (Phi) is 4.74. The molecule has 3 N–H and O–H groups in total. The van der Waals surface area contributed by atoms with E-state index in [0.29, 0.717) is 31.4 Å². The van der Waals surface area contributed by atoms with Gasteiger partial charge in [-0.05, 0) is 44.7 Å². The first-order valence-electron chi connectivity index (χ1n) is 8.31. The maximum absolute atomic E-state index is 12.1. The molecule has 128 valence electrons. The molecule has 0 unspecified atom stereocenters. The number of hydrogen-bond donors (Lipinski definition) is 3. The Morgan fingerprint density at radius 1 is 1.21 bits per heavy atom. The summed E-state index contributed by atoms with van der Waals surface area (Å²) >= 11 is 0. The number of carboxylic acids is 1. The van der Waals surface area contributed by atoms with Crippen LogP contribution in [0.1, 0.15) is 44.4 Å². The van der Waals surface area contributed by atoms with Gasteiger partial charge < -0.3 is 20.2 Å². The lowest BCUT2D eigenvalue weighted by Gasteiger charge is -2.27. The molecule has 0 aliphatic heterocycles. The zero-order valence-electron chi connectivity index (χ0n) is 13.6. The van der Waals surface area contributed by atoms with Crippen LogP contribution in [0.3, 0.4) is 0 Å². The average Bonchev–Trinajstić information content (AvgIpc) is 2.99. The van der Waals surface area contributed by atoms with Crippen molar-refractivity contribution in [1.29, 1.82) is 0 Å². The van der Waals surface area contributed by atoms with Crippen LogP contribution in [0.4, 0.5) is 4.79 Å². The van der Waals surface area contributed by atoms with Crippen molar-refractivity contribution in [3.8, 4) is 0 Å². The number of amides is 2. The van der Waals surface area contributed by atoms with Crippen LogP contribution in [0, 0.1) is 5.92 Å². The minimum Gasteiger partial charge on any atom is -0.481 e. The van der Waals surface area contributed by atoms with Gasteiger partial charge in [-0.1, -0.05) is 18.2 Å². The summed E-state index contributed by atoms with van der Waals surface area (Å²) in [4.78, 5) is 23.1. The first-order chi connectivity index (χ1) is 11.5. The van der Waals surface area contributed by atoms with Crippen LogP contribution < -0.4 is 10.6 Å². The highest BCUT2D eigenvalue weighted by Gasteiger charge is 2.27. The van der Waals surface area contributed by atoms with Crippen LogP contribution in [0.5, 0.6) is 0 Å². The van der Waals surface area contributed by atoms with Crippen molar-refractivity contribution in [2.45, 2.75) is 44.7 Å². The van der Waals surface area contributed by atoms with Gasteiger partial charge in [0.2, 0.25) is 0 Å². The molecular weight excluding hydrogens is 308 g/mol. The molecule has 1 fully saturated rings. The van der Waals surface area contributed by atoms with E-state index in [9.17, 15) is 9.59 Å². The van der Waals surface area contributed by atoms with Gasteiger partial charge >= 0.3 is 12.0 Å². The van der Waals surface area contributed by atoms with Gasteiger partial charge in [-0.15, -0.1) is 0 Å². The Hall–Kier alpha value is -2.50. The average molecular weight is 330 g/mol. The smallest absolute Gasteiger partial charge is 0.315 e. The summed E-state index contributed by atoms with van der Waals surface area (Å²) in [6, 6.07) is 9.19. The van der Waals surface area contributed by atoms with Crippen LogP contribution in [-0.2, 0) is 4.79 Å². The number of para-hydroxylation sites is 1. The molecule has 1 aliphatic rings. The summed E-state index contributed by atoms with van der Waals surface area (Å²) in [6.45, 7) is 1.87. The molecule has 0 spiro atoms. The third-order valence-electron chi connectivity index (χ3n) is 4.63. The van der Waals surface area contributed by atoms with E-state index in [0.717, 1.165) is 11.0 Å². The maximum Gasteiger partial charge on any atom is 0.315 e. The number of carbonyl (C=O) groups is 2. The zero-order chi connectivity index (χ0) is 17.1. The lowest BCUT2D eigenvalue weighted by Crippen LogP contribution is -2.44. The summed E-state index contributed by atoms with van der Waals surface area (Å²) < 4.78 is 5.75. The van der Waals surface area contributed by atoms with Gasteiger partial charge in [0.1, 0.15) is 11.3 Å². The van der Waals surface area contributed by atoms with E-state index >= 15 is 0 Å². The molecule has 1 heterocycles. The number of rotatable bonds is 4. The Labute approximate surface area is 140 Å². The Bertz CT molecular complexity index is 698. The highest BCUT2D eigenvalue weighted by molar-refractivity contribution is 5.78. The van der Waals surface area contributed by atoms with Gasteiger partial charge in [0, 0.05) is 11.4 Å². The predicted octanol–water partition coefficient (Wildman–Crippen LogP) is 3.44. The molecule has 1 aromatic carbocycles. The molecule has 3 rings (SSSR count). The summed E-state index contributed by atoms with van der Waals surface area (Å²) in [5, 5.41) is 15.8. The number of urea groups is 1. The molecule has 1 aromatic heterocycles. The normalized spacial score (nSPS) is 22.0. The number of furan rings is 1.